The summed E-state index contributed by atoms with van der Waals surface area (Å²) in [5.74, 6) is -0.0269. The van der Waals surface area contributed by atoms with Crippen molar-refractivity contribution in [1.82, 2.24) is 5.32 Å². The van der Waals surface area contributed by atoms with Crippen molar-refractivity contribution in [3.8, 4) is 0 Å². The Labute approximate surface area is 130 Å². The molecule has 4 nitrogen and oxygen atoms in total. The number of carboxylic acids is 1. The molecular weight excluding hydrogens is 286 g/mol. The maximum atomic E-state index is 12.3. The molecule has 0 saturated heterocycles. The predicted molar refractivity (Wildman–Crippen MR) is 86.2 cm³/mol. The van der Waals surface area contributed by atoms with Crippen molar-refractivity contribution in [2.24, 2.45) is 5.92 Å². The third-order valence-corrected chi connectivity index (χ3v) is 4.62. The molecule has 2 unspecified atom stereocenters. The van der Waals surface area contributed by atoms with E-state index in [4.69, 9.17) is 5.11 Å². The Morgan fingerprint density at radius 3 is 2.33 bits per heavy atom. The third kappa shape index (κ3) is 6.67. The van der Waals surface area contributed by atoms with Gasteiger partial charge in [-0.1, -0.05) is 44.2 Å². The predicted octanol–water partition coefficient (Wildman–Crippen LogP) is 2.92. The van der Waals surface area contributed by atoms with Crippen LogP contribution in [0.5, 0.6) is 0 Å². The summed E-state index contributed by atoms with van der Waals surface area (Å²) in [5, 5.41) is 11.3. The molecule has 1 rings (SSSR count). The van der Waals surface area contributed by atoms with Gasteiger partial charge in [0.2, 0.25) is 5.91 Å². The number of thioether (sulfide) groups is 1. The van der Waals surface area contributed by atoms with Gasteiger partial charge < -0.3 is 10.4 Å². The van der Waals surface area contributed by atoms with E-state index in [-0.39, 0.29) is 29.5 Å². The largest absolute Gasteiger partial charge is 0.481 e. The molecule has 116 valence electrons. The summed E-state index contributed by atoms with van der Waals surface area (Å²) in [6, 6.07) is 9.65. The quantitative estimate of drug-likeness (QED) is 0.775. The summed E-state index contributed by atoms with van der Waals surface area (Å²) in [7, 11) is 0. The highest BCUT2D eigenvalue weighted by atomic mass is 32.2. The zero-order valence-electron chi connectivity index (χ0n) is 12.7. The van der Waals surface area contributed by atoms with E-state index < -0.39 is 5.97 Å². The highest BCUT2D eigenvalue weighted by Gasteiger charge is 2.24. The number of rotatable bonds is 8. The zero-order chi connectivity index (χ0) is 15.8. The molecule has 0 aliphatic carbocycles. The van der Waals surface area contributed by atoms with Gasteiger partial charge in [-0.05, 0) is 18.4 Å². The summed E-state index contributed by atoms with van der Waals surface area (Å²) in [5.41, 5.74) is 1.18. The monoisotopic (exact) mass is 309 g/mol. The second kappa shape index (κ2) is 8.72. The van der Waals surface area contributed by atoms with E-state index >= 15 is 0 Å². The minimum atomic E-state index is -0.902. The van der Waals surface area contributed by atoms with Crippen molar-refractivity contribution in [3.05, 3.63) is 35.9 Å². The molecule has 0 radical (unpaired) electrons. The van der Waals surface area contributed by atoms with Crippen molar-refractivity contribution in [2.45, 2.75) is 44.2 Å². The Bertz CT molecular complexity index is 462. The molecule has 1 aromatic rings. The number of nitrogens with one attached hydrogen (secondary N) is 1. The van der Waals surface area contributed by atoms with Crippen LogP contribution in [0.1, 0.15) is 32.8 Å². The minimum absolute atomic E-state index is 0.0556. The number of amides is 1. The van der Waals surface area contributed by atoms with Crippen LogP contribution in [0.3, 0.4) is 0 Å². The van der Waals surface area contributed by atoms with E-state index in [1.807, 2.05) is 44.2 Å². The van der Waals surface area contributed by atoms with Gasteiger partial charge in [-0.15, -0.1) is 11.8 Å². The van der Waals surface area contributed by atoms with Gasteiger partial charge in [0.25, 0.3) is 0 Å². The lowest BCUT2D eigenvalue weighted by molar-refractivity contribution is -0.137. The smallest absolute Gasteiger partial charge is 0.305 e. The van der Waals surface area contributed by atoms with E-state index in [9.17, 15) is 9.59 Å². The molecule has 5 heteroatoms. The van der Waals surface area contributed by atoms with Crippen molar-refractivity contribution in [2.75, 3.05) is 0 Å². The molecule has 0 aromatic heterocycles. The molecule has 0 saturated carbocycles. The number of benzene rings is 1. The lowest BCUT2D eigenvalue weighted by Gasteiger charge is -2.22. The lowest BCUT2D eigenvalue weighted by atomic mass is 10.1. The first-order chi connectivity index (χ1) is 9.90. The van der Waals surface area contributed by atoms with Gasteiger partial charge in [0.05, 0.1) is 11.7 Å². The maximum Gasteiger partial charge on any atom is 0.305 e. The van der Waals surface area contributed by atoms with E-state index in [1.165, 1.54) is 5.56 Å². The minimum Gasteiger partial charge on any atom is -0.481 e. The fourth-order valence-corrected chi connectivity index (χ4v) is 3.14. The molecule has 1 aromatic carbocycles. The highest BCUT2D eigenvalue weighted by Crippen LogP contribution is 2.24. The molecule has 2 atom stereocenters. The first kappa shape index (κ1) is 17.6. The molecule has 0 spiro atoms. The molecule has 21 heavy (non-hydrogen) atoms. The molecule has 0 fully saturated rings. The molecule has 0 heterocycles. The average Bonchev–Trinajstić information content (AvgIpc) is 2.38. The van der Waals surface area contributed by atoms with Gasteiger partial charge in [-0.2, -0.15) is 0 Å². The Balaban J connectivity index is 2.56. The summed E-state index contributed by atoms with van der Waals surface area (Å²) in [6.45, 7) is 5.72. The molecule has 0 aliphatic heterocycles. The number of aliphatic carboxylic acids is 1. The van der Waals surface area contributed by atoms with Crippen molar-refractivity contribution >= 4 is 23.6 Å². The van der Waals surface area contributed by atoms with Crippen LogP contribution >= 0.6 is 11.8 Å². The first-order valence-electron chi connectivity index (χ1n) is 7.08. The van der Waals surface area contributed by atoms with Crippen LogP contribution in [0.4, 0.5) is 0 Å². The molecular formula is C16H23NO3S. The van der Waals surface area contributed by atoms with Crippen LogP contribution in [0.25, 0.3) is 0 Å². The van der Waals surface area contributed by atoms with E-state index in [2.05, 4.69) is 5.32 Å². The maximum absolute atomic E-state index is 12.3. The first-order valence-corrected chi connectivity index (χ1v) is 8.12. The van der Waals surface area contributed by atoms with E-state index in [0.717, 1.165) is 5.75 Å². The van der Waals surface area contributed by atoms with Crippen LogP contribution in [0.15, 0.2) is 30.3 Å². The van der Waals surface area contributed by atoms with Crippen LogP contribution in [-0.4, -0.2) is 28.3 Å². The Hall–Kier alpha value is -1.49. The van der Waals surface area contributed by atoms with Gasteiger partial charge in [0.15, 0.2) is 0 Å². The van der Waals surface area contributed by atoms with Gasteiger partial charge in [-0.3, -0.25) is 9.59 Å². The highest BCUT2D eigenvalue weighted by molar-refractivity contribution is 7.99. The van der Waals surface area contributed by atoms with Crippen LogP contribution in [-0.2, 0) is 15.3 Å². The summed E-state index contributed by atoms with van der Waals surface area (Å²) < 4.78 is 0. The van der Waals surface area contributed by atoms with Crippen LogP contribution in [0.2, 0.25) is 0 Å². The van der Waals surface area contributed by atoms with Gasteiger partial charge in [0.1, 0.15) is 0 Å². The SMILES string of the molecule is CC(CC(=O)O)NC(=O)C(SCc1ccccc1)C(C)C. The topological polar surface area (TPSA) is 66.4 Å². The number of carboxylic acid groups (broad SMARTS) is 1. The summed E-state index contributed by atoms with van der Waals surface area (Å²) in [6.07, 6.45) is -0.0556. The Morgan fingerprint density at radius 1 is 1.19 bits per heavy atom. The number of carbonyl (C=O) groups excluding carboxylic acids is 1. The van der Waals surface area contributed by atoms with Gasteiger partial charge >= 0.3 is 5.97 Å². The van der Waals surface area contributed by atoms with Crippen molar-refractivity contribution in [3.63, 3.8) is 0 Å². The average molecular weight is 309 g/mol. The normalized spacial score (nSPS) is 13.7. The fourth-order valence-electron chi connectivity index (χ4n) is 1.97. The van der Waals surface area contributed by atoms with Gasteiger partial charge in [-0.25, -0.2) is 0 Å². The molecule has 2 N–H and O–H groups in total. The fraction of sp³-hybridized carbons (Fsp3) is 0.500. The number of hydrogen-bond donors (Lipinski definition) is 2. The van der Waals surface area contributed by atoms with Crippen molar-refractivity contribution < 1.29 is 14.7 Å². The van der Waals surface area contributed by atoms with Crippen molar-refractivity contribution in [1.29, 1.82) is 0 Å². The van der Waals surface area contributed by atoms with Crippen LogP contribution < -0.4 is 5.32 Å². The molecule has 0 aliphatic rings. The van der Waals surface area contributed by atoms with E-state index in [1.54, 1.807) is 18.7 Å². The lowest BCUT2D eigenvalue weighted by Crippen LogP contribution is -2.41. The number of hydrogen-bond acceptors (Lipinski definition) is 3. The van der Waals surface area contributed by atoms with Gasteiger partial charge in [0, 0.05) is 11.8 Å². The molecule has 1 amide bonds. The molecule has 0 bridgehead atoms. The second-order valence-electron chi connectivity index (χ2n) is 5.47. The standard InChI is InChI=1S/C16H23NO3S/c1-11(2)15(16(20)17-12(3)9-14(18)19)21-10-13-7-5-4-6-8-13/h4-8,11-12,15H,9-10H2,1-3H3,(H,17,20)(H,18,19). The second-order valence-corrected chi connectivity index (χ2v) is 6.60. The van der Waals surface area contributed by atoms with E-state index in [0.29, 0.717) is 0 Å². The third-order valence-electron chi connectivity index (χ3n) is 3.01. The number of carbonyl (C=O) groups is 2. The Morgan fingerprint density at radius 2 is 1.81 bits per heavy atom. The summed E-state index contributed by atoms with van der Waals surface area (Å²) >= 11 is 1.59. The summed E-state index contributed by atoms with van der Waals surface area (Å²) in [4.78, 5) is 22.9. The zero-order valence-corrected chi connectivity index (χ0v) is 13.5. The van der Waals surface area contributed by atoms with Crippen LogP contribution in [0, 0.1) is 5.92 Å². The Kier molecular flexibility index (Phi) is 7.29.